The van der Waals surface area contributed by atoms with Crippen molar-refractivity contribution in [1.29, 1.82) is 0 Å². The Kier molecular flexibility index (Phi) is 5.30. The summed E-state index contributed by atoms with van der Waals surface area (Å²) in [6.07, 6.45) is 5.05. The van der Waals surface area contributed by atoms with Crippen LogP contribution in [0.2, 0.25) is 5.02 Å². The maximum Gasteiger partial charge on any atom is 0.295 e. The van der Waals surface area contributed by atoms with E-state index in [1.165, 1.54) is 11.3 Å². The summed E-state index contributed by atoms with van der Waals surface area (Å²) in [6, 6.07) is 8.22. The molecular formula is C22H22ClNO3S. The van der Waals surface area contributed by atoms with Crippen molar-refractivity contribution in [1.82, 2.24) is 4.90 Å². The highest BCUT2D eigenvalue weighted by atomic mass is 35.5. The maximum absolute atomic E-state index is 13.0. The number of rotatable bonds is 3. The van der Waals surface area contributed by atoms with Gasteiger partial charge in [-0.1, -0.05) is 43.0 Å². The first kappa shape index (κ1) is 19.2. The molecule has 1 aromatic heterocycles. The molecule has 2 heterocycles. The average Bonchev–Trinajstić information content (AvgIpc) is 3.23. The van der Waals surface area contributed by atoms with Gasteiger partial charge in [-0.25, -0.2) is 0 Å². The van der Waals surface area contributed by atoms with Crippen molar-refractivity contribution in [3.8, 4) is 0 Å². The highest BCUT2D eigenvalue weighted by molar-refractivity contribution is 7.10. The zero-order chi connectivity index (χ0) is 19.8. The summed E-state index contributed by atoms with van der Waals surface area (Å²) in [5, 5.41) is 13.5. The van der Waals surface area contributed by atoms with Gasteiger partial charge in [-0.2, -0.15) is 0 Å². The van der Waals surface area contributed by atoms with Crippen molar-refractivity contribution < 1.29 is 14.7 Å². The van der Waals surface area contributed by atoms with Crippen molar-refractivity contribution in [3.05, 3.63) is 62.3 Å². The molecule has 1 saturated heterocycles. The second kappa shape index (κ2) is 7.72. The molecule has 2 aliphatic rings. The van der Waals surface area contributed by atoms with Gasteiger partial charge < -0.3 is 10.0 Å². The Morgan fingerprint density at radius 2 is 1.93 bits per heavy atom. The van der Waals surface area contributed by atoms with Gasteiger partial charge in [0.15, 0.2) is 0 Å². The normalized spacial score (nSPS) is 22.8. The van der Waals surface area contributed by atoms with Crippen LogP contribution in [0.4, 0.5) is 0 Å². The molecule has 1 unspecified atom stereocenters. The highest BCUT2D eigenvalue weighted by Gasteiger charge is 2.49. The Hall–Kier alpha value is -2.11. The number of halogens is 1. The van der Waals surface area contributed by atoms with Crippen LogP contribution in [0.1, 0.15) is 54.1 Å². The second-order valence-corrected chi connectivity index (χ2v) is 8.86. The van der Waals surface area contributed by atoms with Crippen LogP contribution in [0.15, 0.2) is 41.3 Å². The van der Waals surface area contributed by atoms with Gasteiger partial charge in [0.1, 0.15) is 11.8 Å². The number of carbonyl (C=O) groups excluding carboxylic acids is 2. The molecule has 2 fully saturated rings. The van der Waals surface area contributed by atoms with E-state index in [2.05, 4.69) is 0 Å². The van der Waals surface area contributed by atoms with Crippen molar-refractivity contribution in [2.24, 2.45) is 0 Å². The smallest absolute Gasteiger partial charge is 0.295 e. The van der Waals surface area contributed by atoms with Gasteiger partial charge in [0, 0.05) is 21.5 Å². The summed E-state index contributed by atoms with van der Waals surface area (Å²) in [4.78, 5) is 28.8. The number of benzene rings is 1. The number of amides is 1. The first-order chi connectivity index (χ1) is 13.5. The fourth-order valence-corrected chi connectivity index (χ4v) is 5.52. The molecule has 6 heteroatoms. The third-order valence-electron chi connectivity index (χ3n) is 5.70. The van der Waals surface area contributed by atoms with E-state index in [0.29, 0.717) is 10.6 Å². The number of carbonyl (C=O) groups is 2. The van der Waals surface area contributed by atoms with E-state index >= 15 is 0 Å². The lowest BCUT2D eigenvalue weighted by atomic mass is 9.92. The van der Waals surface area contributed by atoms with Crippen molar-refractivity contribution in [2.75, 3.05) is 0 Å². The molecule has 4 rings (SSSR count). The lowest BCUT2D eigenvalue weighted by Crippen LogP contribution is -2.40. The number of ketones is 1. The van der Waals surface area contributed by atoms with Gasteiger partial charge in [0.05, 0.1) is 5.57 Å². The van der Waals surface area contributed by atoms with Crippen LogP contribution in [-0.4, -0.2) is 27.7 Å². The molecule has 0 bridgehead atoms. The Labute approximate surface area is 173 Å². The van der Waals surface area contributed by atoms with Crippen LogP contribution in [-0.2, 0) is 9.59 Å². The third kappa shape index (κ3) is 3.27. The Morgan fingerprint density at radius 3 is 2.57 bits per heavy atom. The maximum atomic E-state index is 13.0. The van der Waals surface area contributed by atoms with Crippen LogP contribution in [0, 0.1) is 6.92 Å². The molecule has 1 aliphatic carbocycles. The average molecular weight is 416 g/mol. The molecule has 28 heavy (non-hydrogen) atoms. The Balaban J connectivity index is 1.88. The molecule has 1 amide bonds. The van der Waals surface area contributed by atoms with Crippen molar-refractivity contribution >= 4 is 40.4 Å². The largest absolute Gasteiger partial charge is 0.507 e. The predicted octanol–water partition coefficient (Wildman–Crippen LogP) is 5.46. The number of nitrogens with zero attached hydrogens (tertiary/aromatic N) is 1. The zero-order valence-corrected chi connectivity index (χ0v) is 17.2. The number of aryl methyl sites for hydroxylation is 1. The number of Topliss-reactive ketones (excluding diaryl/α,β-unsaturated/α-hetero) is 1. The van der Waals surface area contributed by atoms with E-state index in [1.54, 1.807) is 29.2 Å². The first-order valence-corrected chi connectivity index (χ1v) is 10.8. The number of aliphatic hydroxyl groups is 1. The molecule has 0 radical (unpaired) electrons. The zero-order valence-electron chi connectivity index (χ0n) is 15.7. The lowest BCUT2D eigenvalue weighted by Gasteiger charge is -2.35. The van der Waals surface area contributed by atoms with Crippen molar-refractivity contribution in [3.63, 3.8) is 0 Å². The van der Waals surface area contributed by atoms with E-state index in [0.717, 1.165) is 42.5 Å². The minimum absolute atomic E-state index is 0.0290. The summed E-state index contributed by atoms with van der Waals surface area (Å²) >= 11 is 7.60. The van der Waals surface area contributed by atoms with E-state index in [-0.39, 0.29) is 17.4 Å². The fraction of sp³-hybridized carbons (Fsp3) is 0.364. The van der Waals surface area contributed by atoms with Gasteiger partial charge in [0.2, 0.25) is 0 Å². The SMILES string of the molecule is Cc1ccsc1C1/C(=C(/O)c2cccc(Cl)c2)C(=O)C(=O)N1C1CCCCC1. The van der Waals surface area contributed by atoms with Gasteiger partial charge in [-0.05, 0) is 48.9 Å². The summed E-state index contributed by atoms with van der Waals surface area (Å²) in [6.45, 7) is 1.98. The molecule has 1 aliphatic heterocycles. The number of hydrogen-bond acceptors (Lipinski definition) is 4. The van der Waals surface area contributed by atoms with Crippen molar-refractivity contribution in [2.45, 2.75) is 51.1 Å². The number of thiophene rings is 1. The molecule has 1 N–H and O–H groups in total. The first-order valence-electron chi connectivity index (χ1n) is 9.59. The minimum atomic E-state index is -0.610. The van der Waals surface area contributed by atoms with Crippen LogP contribution in [0.25, 0.3) is 5.76 Å². The number of hydrogen-bond donors (Lipinski definition) is 1. The van der Waals surface area contributed by atoms with E-state index in [1.807, 2.05) is 18.4 Å². The molecular weight excluding hydrogens is 394 g/mol. The number of aliphatic hydroxyl groups excluding tert-OH is 1. The summed E-state index contributed by atoms with van der Waals surface area (Å²) in [5.74, 6) is -1.27. The lowest BCUT2D eigenvalue weighted by molar-refractivity contribution is -0.141. The van der Waals surface area contributed by atoms with Gasteiger partial charge in [-0.3, -0.25) is 9.59 Å². The van der Waals surface area contributed by atoms with Crippen LogP contribution in [0.3, 0.4) is 0 Å². The highest BCUT2D eigenvalue weighted by Crippen LogP contribution is 2.45. The monoisotopic (exact) mass is 415 g/mol. The molecule has 1 aromatic carbocycles. The van der Waals surface area contributed by atoms with Gasteiger partial charge >= 0.3 is 0 Å². The van der Waals surface area contributed by atoms with Crippen LogP contribution >= 0.6 is 22.9 Å². The summed E-state index contributed by atoms with van der Waals surface area (Å²) in [5.41, 5.74) is 1.64. The van der Waals surface area contributed by atoms with E-state index in [4.69, 9.17) is 11.6 Å². The van der Waals surface area contributed by atoms with E-state index < -0.39 is 17.7 Å². The molecule has 0 spiro atoms. The molecule has 4 nitrogen and oxygen atoms in total. The second-order valence-electron chi connectivity index (χ2n) is 7.48. The molecule has 2 aromatic rings. The van der Waals surface area contributed by atoms with Gasteiger partial charge in [-0.15, -0.1) is 11.3 Å². The summed E-state index contributed by atoms with van der Waals surface area (Å²) < 4.78 is 0. The summed E-state index contributed by atoms with van der Waals surface area (Å²) in [7, 11) is 0. The van der Waals surface area contributed by atoms with Crippen LogP contribution < -0.4 is 0 Å². The van der Waals surface area contributed by atoms with E-state index in [9.17, 15) is 14.7 Å². The Bertz CT molecular complexity index is 958. The number of likely N-dealkylation sites (tertiary alicyclic amines) is 1. The molecule has 1 atom stereocenters. The van der Waals surface area contributed by atoms with Crippen LogP contribution in [0.5, 0.6) is 0 Å². The fourth-order valence-electron chi connectivity index (χ4n) is 4.30. The topological polar surface area (TPSA) is 57.6 Å². The molecule has 1 saturated carbocycles. The predicted molar refractivity (Wildman–Crippen MR) is 112 cm³/mol. The quantitative estimate of drug-likeness (QED) is 0.411. The third-order valence-corrected chi connectivity index (χ3v) is 7.00. The standard InChI is InChI=1S/C22H22ClNO3S/c1-13-10-11-28-21(13)18-17(19(25)14-6-5-7-15(23)12-14)20(26)22(27)24(18)16-8-3-2-4-9-16/h5-7,10-12,16,18,25H,2-4,8-9H2,1H3/b19-17-. The van der Waals surface area contributed by atoms with Gasteiger partial charge in [0.25, 0.3) is 11.7 Å². The Morgan fingerprint density at radius 1 is 1.18 bits per heavy atom. The minimum Gasteiger partial charge on any atom is -0.507 e. The molecule has 146 valence electrons.